The molecule has 0 radical (unpaired) electrons. The van der Waals surface area contributed by atoms with Gasteiger partial charge in [0.15, 0.2) is 5.16 Å². The lowest BCUT2D eigenvalue weighted by atomic mass is 10.3. The summed E-state index contributed by atoms with van der Waals surface area (Å²) >= 11 is 0.930. The predicted molar refractivity (Wildman–Crippen MR) is 65.5 cm³/mol. The third kappa shape index (κ3) is 2.31. The fourth-order valence-corrected chi connectivity index (χ4v) is 2.39. The molecule has 0 aliphatic rings. The van der Waals surface area contributed by atoms with Gasteiger partial charge in [0.05, 0.1) is 16.3 Å². The van der Waals surface area contributed by atoms with E-state index in [2.05, 4.69) is 4.98 Å². The van der Waals surface area contributed by atoms with Gasteiger partial charge in [-0.05, 0) is 19.1 Å². The third-order valence-corrected chi connectivity index (χ3v) is 3.53. The largest absolute Gasteiger partial charge is 0.369 e. The van der Waals surface area contributed by atoms with E-state index in [-0.39, 0.29) is 5.16 Å². The fourth-order valence-electron chi connectivity index (χ4n) is 1.51. The molecule has 18 heavy (non-hydrogen) atoms. The molecule has 1 heterocycles. The highest BCUT2D eigenvalue weighted by Gasteiger charge is 2.21. The summed E-state index contributed by atoms with van der Waals surface area (Å²) in [4.78, 5) is 15.1. The van der Waals surface area contributed by atoms with E-state index in [4.69, 9.17) is 5.73 Å². The van der Waals surface area contributed by atoms with Crippen molar-refractivity contribution in [2.24, 2.45) is 5.73 Å². The minimum Gasteiger partial charge on any atom is -0.369 e. The highest BCUT2D eigenvalue weighted by molar-refractivity contribution is 8.00. The molecular formula is C11H11F2N3OS. The number of halogens is 2. The van der Waals surface area contributed by atoms with Crippen LogP contribution >= 0.6 is 11.8 Å². The number of primary amides is 1. The van der Waals surface area contributed by atoms with Crippen molar-refractivity contribution in [3.8, 4) is 0 Å². The maximum Gasteiger partial charge on any atom is 0.321 e. The molecule has 1 atom stereocenters. The number of imidazole rings is 1. The van der Waals surface area contributed by atoms with E-state index in [1.165, 1.54) is 0 Å². The highest BCUT2D eigenvalue weighted by Crippen LogP contribution is 2.31. The Morgan fingerprint density at radius 1 is 1.44 bits per heavy atom. The number of nitrogens with two attached hydrogens (primary N) is 1. The molecule has 2 N–H and O–H groups in total. The van der Waals surface area contributed by atoms with Crippen molar-refractivity contribution in [1.29, 1.82) is 0 Å². The number of benzene rings is 1. The first kappa shape index (κ1) is 12.8. The van der Waals surface area contributed by atoms with Gasteiger partial charge >= 0.3 is 6.55 Å². The van der Waals surface area contributed by atoms with Crippen molar-refractivity contribution in [3.05, 3.63) is 24.3 Å². The zero-order valence-electron chi connectivity index (χ0n) is 9.51. The molecule has 2 rings (SSSR count). The topological polar surface area (TPSA) is 60.9 Å². The number of amides is 1. The molecule has 96 valence electrons. The van der Waals surface area contributed by atoms with Crippen LogP contribution in [0.2, 0.25) is 0 Å². The maximum absolute atomic E-state index is 13.0. The smallest absolute Gasteiger partial charge is 0.321 e. The molecule has 1 aromatic carbocycles. The van der Waals surface area contributed by atoms with Crippen LogP contribution in [0, 0.1) is 0 Å². The molecule has 0 unspecified atom stereocenters. The molecule has 0 saturated carbocycles. The molecule has 0 aliphatic carbocycles. The Hall–Kier alpha value is -1.63. The van der Waals surface area contributed by atoms with Gasteiger partial charge in [-0.25, -0.2) is 4.98 Å². The number of thioether (sulfide) groups is 1. The molecule has 2 aromatic rings. The Labute approximate surface area is 106 Å². The van der Waals surface area contributed by atoms with Crippen LogP contribution in [0.15, 0.2) is 29.4 Å². The lowest BCUT2D eigenvalue weighted by molar-refractivity contribution is -0.117. The van der Waals surface area contributed by atoms with Crippen LogP contribution < -0.4 is 5.73 Å². The van der Waals surface area contributed by atoms with Gasteiger partial charge in [0.2, 0.25) is 5.91 Å². The van der Waals surface area contributed by atoms with Crippen molar-refractivity contribution in [1.82, 2.24) is 9.55 Å². The summed E-state index contributed by atoms with van der Waals surface area (Å²) in [7, 11) is 0. The second-order valence-electron chi connectivity index (χ2n) is 3.69. The standard InChI is InChI=1S/C11H11F2N3OS/c1-6(9(14)17)18-11-15-7-4-2-3-5-8(7)16(11)10(12)13/h2-6,10H,1H3,(H2,14,17)/t6-/m1/s1. The minimum absolute atomic E-state index is 0.0949. The molecule has 7 heteroatoms. The Morgan fingerprint density at radius 3 is 2.72 bits per heavy atom. The van der Waals surface area contributed by atoms with E-state index < -0.39 is 17.7 Å². The Kier molecular flexibility index (Phi) is 3.51. The highest BCUT2D eigenvalue weighted by atomic mass is 32.2. The van der Waals surface area contributed by atoms with Crippen LogP contribution in [0.3, 0.4) is 0 Å². The summed E-state index contributed by atoms with van der Waals surface area (Å²) in [6.45, 7) is -1.15. The fraction of sp³-hybridized carbons (Fsp3) is 0.273. The normalized spacial score (nSPS) is 13.1. The molecule has 0 fully saturated rings. The average molecular weight is 271 g/mol. The zero-order chi connectivity index (χ0) is 13.3. The number of alkyl halides is 2. The lowest BCUT2D eigenvalue weighted by Crippen LogP contribution is -2.23. The summed E-state index contributed by atoms with van der Waals surface area (Å²) in [6.07, 6.45) is 0. The van der Waals surface area contributed by atoms with Crippen molar-refractivity contribution < 1.29 is 13.6 Å². The summed E-state index contributed by atoms with van der Waals surface area (Å²) in [5, 5.41) is -0.517. The Bertz CT molecular complexity index is 585. The quantitative estimate of drug-likeness (QED) is 0.869. The molecule has 0 spiro atoms. The van der Waals surface area contributed by atoms with Gasteiger partial charge in [0, 0.05) is 0 Å². The van der Waals surface area contributed by atoms with Gasteiger partial charge in [-0.15, -0.1) is 0 Å². The first-order valence-electron chi connectivity index (χ1n) is 5.22. The number of aromatic nitrogens is 2. The van der Waals surface area contributed by atoms with Gasteiger partial charge in [-0.2, -0.15) is 8.78 Å². The number of carbonyl (C=O) groups is 1. The molecule has 0 saturated heterocycles. The number of nitrogens with zero attached hydrogens (tertiary/aromatic N) is 2. The van der Waals surface area contributed by atoms with Crippen molar-refractivity contribution >= 4 is 28.7 Å². The molecule has 0 bridgehead atoms. The number of hydrogen-bond donors (Lipinski definition) is 1. The van der Waals surface area contributed by atoms with Crippen molar-refractivity contribution in [2.75, 3.05) is 0 Å². The van der Waals surface area contributed by atoms with Gasteiger partial charge in [-0.3, -0.25) is 9.36 Å². The van der Waals surface area contributed by atoms with Gasteiger partial charge in [-0.1, -0.05) is 23.9 Å². The van der Waals surface area contributed by atoms with E-state index in [0.29, 0.717) is 11.0 Å². The van der Waals surface area contributed by atoms with Gasteiger partial charge in [0.25, 0.3) is 0 Å². The summed E-state index contributed by atoms with van der Waals surface area (Å²) in [5.41, 5.74) is 5.93. The summed E-state index contributed by atoms with van der Waals surface area (Å²) < 4.78 is 26.9. The summed E-state index contributed by atoms with van der Waals surface area (Å²) in [6, 6.07) is 6.59. The minimum atomic E-state index is -2.71. The molecule has 4 nitrogen and oxygen atoms in total. The summed E-state index contributed by atoms with van der Waals surface area (Å²) in [5.74, 6) is -0.562. The Balaban J connectivity index is 2.49. The van der Waals surface area contributed by atoms with E-state index >= 15 is 0 Å². The van der Waals surface area contributed by atoms with Crippen LogP contribution in [0.25, 0.3) is 11.0 Å². The second kappa shape index (κ2) is 4.93. The van der Waals surface area contributed by atoms with Crippen LogP contribution in [0.1, 0.15) is 13.5 Å². The molecular weight excluding hydrogens is 260 g/mol. The number of carbonyl (C=O) groups excluding carboxylic acids is 1. The number of fused-ring (bicyclic) bond motifs is 1. The Morgan fingerprint density at radius 2 is 2.11 bits per heavy atom. The second-order valence-corrected chi connectivity index (χ2v) is 5.00. The third-order valence-electron chi connectivity index (χ3n) is 2.44. The van der Waals surface area contributed by atoms with Gasteiger partial charge < -0.3 is 5.73 Å². The van der Waals surface area contributed by atoms with Crippen molar-refractivity contribution in [2.45, 2.75) is 23.9 Å². The number of para-hydroxylation sites is 2. The van der Waals surface area contributed by atoms with E-state index in [0.717, 1.165) is 16.3 Å². The van der Waals surface area contributed by atoms with E-state index in [1.807, 2.05) is 0 Å². The number of hydrogen-bond acceptors (Lipinski definition) is 3. The van der Waals surface area contributed by atoms with Crippen molar-refractivity contribution in [3.63, 3.8) is 0 Å². The SMILES string of the molecule is C[C@@H](Sc1nc2ccccc2n1C(F)F)C(N)=O. The predicted octanol–water partition coefficient (Wildman–Crippen LogP) is 2.40. The first-order valence-corrected chi connectivity index (χ1v) is 6.09. The van der Waals surface area contributed by atoms with E-state index in [9.17, 15) is 13.6 Å². The molecule has 0 aliphatic heterocycles. The van der Waals surface area contributed by atoms with E-state index in [1.54, 1.807) is 31.2 Å². The van der Waals surface area contributed by atoms with Crippen LogP contribution in [0.4, 0.5) is 8.78 Å². The molecule has 1 aromatic heterocycles. The molecule has 1 amide bonds. The number of rotatable bonds is 4. The maximum atomic E-state index is 13.0. The first-order chi connectivity index (χ1) is 8.50. The van der Waals surface area contributed by atoms with Crippen LogP contribution in [-0.2, 0) is 4.79 Å². The van der Waals surface area contributed by atoms with Crippen LogP contribution in [-0.4, -0.2) is 20.7 Å². The zero-order valence-corrected chi connectivity index (χ0v) is 10.3. The lowest BCUT2D eigenvalue weighted by Gasteiger charge is -2.09. The van der Waals surface area contributed by atoms with Crippen LogP contribution in [0.5, 0.6) is 0 Å². The monoisotopic (exact) mass is 271 g/mol. The van der Waals surface area contributed by atoms with Gasteiger partial charge in [0.1, 0.15) is 0 Å². The average Bonchev–Trinajstić information content (AvgIpc) is 2.66.